The highest BCUT2D eigenvalue weighted by Gasteiger charge is 2.28. The molecule has 0 spiro atoms. The summed E-state index contributed by atoms with van der Waals surface area (Å²) in [5.41, 5.74) is 5.13. The van der Waals surface area contributed by atoms with Gasteiger partial charge in [0, 0.05) is 27.6 Å². The molecule has 1 atom stereocenters. The van der Waals surface area contributed by atoms with E-state index >= 15 is 0 Å². The van der Waals surface area contributed by atoms with Crippen LogP contribution in [0.3, 0.4) is 0 Å². The van der Waals surface area contributed by atoms with E-state index in [1.54, 1.807) is 11.3 Å². The van der Waals surface area contributed by atoms with E-state index in [9.17, 15) is 4.79 Å². The number of aromatic amines is 1. The van der Waals surface area contributed by atoms with E-state index in [-0.39, 0.29) is 11.9 Å². The van der Waals surface area contributed by atoms with Crippen LogP contribution >= 0.6 is 11.3 Å². The number of benzene rings is 2. The fourth-order valence-electron chi connectivity index (χ4n) is 3.64. The van der Waals surface area contributed by atoms with Crippen molar-refractivity contribution in [1.82, 2.24) is 0 Å². The zero-order valence-corrected chi connectivity index (χ0v) is 18.7. The molecule has 0 aliphatic heterocycles. The van der Waals surface area contributed by atoms with Crippen LogP contribution < -0.4 is 15.6 Å². The molecule has 3 N–H and O–H groups in total. The van der Waals surface area contributed by atoms with Crippen LogP contribution in [0.4, 0.5) is 10.8 Å². The number of aryl methyl sites for hydroxylation is 2. The third-order valence-electron chi connectivity index (χ3n) is 5.36. The van der Waals surface area contributed by atoms with Crippen LogP contribution in [0.25, 0.3) is 0 Å². The molecule has 0 radical (unpaired) electrons. The number of amides is 1. The molecule has 2 aromatic carbocycles. The molecule has 2 aromatic heterocycles. The first kappa shape index (κ1) is 20.8. The minimum atomic E-state index is -0.115. The van der Waals surface area contributed by atoms with Gasteiger partial charge in [-0.1, -0.05) is 54.6 Å². The SMILES string of the molecule is Cc1cccc(N[C@@H](c2ccccc2)c2c(NC(=O)c3ccccc3)sc(C)c2C)[nH+]1. The van der Waals surface area contributed by atoms with Gasteiger partial charge < -0.3 is 5.32 Å². The standard InChI is InChI=1S/C26H25N3OS/c1-17-11-10-16-22(27-17)28-24(20-12-6-4-7-13-20)23-18(2)19(3)31-26(23)29-25(30)21-14-8-5-9-15-21/h4-16,24H,1-3H3,(H,27,28)(H,29,30)/p+1/t24-/m0/s1. The number of rotatable bonds is 6. The number of H-pyrrole nitrogens is 1. The van der Waals surface area contributed by atoms with Gasteiger partial charge >= 0.3 is 0 Å². The predicted molar refractivity (Wildman–Crippen MR) is 128 cm³/mol. The van der Waals surface area contributed by atoms with Crippen LogP contribution in [-0.2, 0) is 0 Å². The maximum atomic E-state index is 12.9. The number of pyridine rings is 1. The summed E-state index contributed by atoms with van der Waals surface area (Å²) in [5.74, 6) is 0.828. The largest absolute Gasteiger partial charge is 0.313 e. The Morgan fingerprint density at radius 1 is 0.871 bits per heavy atom. The maximum absolute atomic E-state index is 12.9. The van der Waals surface area contributed by atoms with Gasteiger partial charge in [0.05, 0.1) is 5.69 Å². The highest BCUT2D eigenvalue weighted by Crippen LogP contribution is 2.40. The van der Waals surface area contributed by atoms with Gasteiger partial charge in [-0.3, -0.25) is 10.1 Å². The summed E-state index contributed by atoms with van der Waals surface area (Å²) in [6.07, 6.45) is 0. The number of aromatic nitrogens is 1. The molecule has 4 nitrogen and oxygen atoms in total. The van der Waals surface area contributed by atoms with Crippen LogP contribution in [0.15, 0.2) is 78.9 Å². The molecule has 31 heavy (non-hydrogen) atoms. The van der Waals surface area contributed by atoms with Gasteiger partial charge in [-0.25, -0.2) is 4.98 Å². The molecule has 2 heterocycles. The summed E-state index contributed by atoms with van der Waals surface area (Å²) in [4.78, 5) is 17.5. The summed E-state index contributed by atoms with van der Waals surface area (Å²) in [7, 11) is 0. The van der Waals surface area contributed by atoms with E-state index in [2.05, 4.69) is 41.6 Å². The second-order valence-electron chi connectivity index (χ2n) is 7.58. The Bertz CT molecular complexity index is 1190. The lowest BCUT2D eigenvalue weighted by Crippen LogP contribution is -2.22. The number of thiophene rings is 1. The second kappa shape index (κ2) is 9.14. The lowest BCUT2D eigenvalue weighted by Gasteiger charge is -2.18. The van der Waals surface area contributed by atoms with Gasteiger partial charge in [0.25, 0.3) is 11.7 Å². The lowest BCUT2D eigenvalue weighted by molar-refractivity contribution is -0.371. The first-order chi connectivity index (χ1) is 15.0. The monoisotopic (exact) mass is 428 g/mol. The molecule has 0 saturated carbocycles. The topological polar surface area (TPSA) is 55.3 Å². The van der Waals surface area contributed by atoms with Crippen LogP contribution in [0.2, 0.25) is 0 Å². The van der Waals surface area contributed by atoms with E-state index in [0.717, 1.165) is 27.6 Å². The van der Waals surface area contributed by atoms with E-state index in [4.69, 9.17) is 0 Å². The molecule has 0 saturated heterocycles. The molecule has 4 rings (SSSR count). The van der Waals surface area contributed by atoms with Gasteiger partial charge in [-0.2, -0.15) is 0 Å². The zero-order chi connectivity index (χ0) is 21.8. The Kier molecular flexibility index (Phi) is 6.14. The van der Waals surface area contributed by atoms with Crippen molar-refractivity contribution in [1.29, 1.82) is 0 Å². The van der Waals surface area contributed by atoms with Crippen molar-refractivity contribution in [2.45, 2.75) is 26.8 Å². The van der Waals surface area contributed by atoms with Gasteiger partial charge in [-0.05, 0) is 44.5 Å². The number of anilines is 2. The van der Waals surface area contributed by atoms with Crippen molar-refractivity contribution < 1.29 is 9.78 Å². The smallest absolute Gasteiger partial charge is 0.273 e. The molecule has 5 heteroatoms. The molecule has 1 amide bonds. The number of carbonyl (C=O) groups is 1. The molecule has 0 fully saturated rings. The third-order valence-corrected chi connectivity index (χ3v) is 6.50. The first-order valence-corrected chi connectivity index (χ1v) is 11.1. The molecule has 0 bridgehead atoms. The molecule has 0 unspecified atom stereocenters. The van der Waals surface area contributed by atoms with Crippen LogP contribution in [0.1, 0.15) is 43.7 Å². The fraction of sp³-hybridized carbons (Fsp3) is 0.154. The predicted octanol–water partition coefficient (Wildman–Crippen LogP) is 5.94. The average molecular weight is 429 g/mol. The molecular formula is C26H26N3OS+. The van der Waals surface area contributed by atoms with Crippen molar-refractivity contribution in [2.75, 3.05) is 10.6 Å². The van der Waals surface area contributed by atoms with Crippen LogP contribution in [0, 0.1) is 20.8 Å². The minimum Gasteiger partial charge on any atom is -0.313 e. The van der Waals surface area contributed by atoms with E-state index in [0.29, 0.717) is 5.56 Å². The van der Waals surface area contributed by atoms with Crippen molar-refractivity contribution in [2.24, 2.45) is 0 Å². The van der Waals surface area contributed by atoms with Crippen LogP contribution in [0.5, 0.6) is 0 Å². The molecule has 0 aliphatic rings. The number of nitrogens with one attached hydrogen (secondary N) is 3. The summed E-state index contributed by atoms with van der Waals surface area (Å²) in [6, 6.07) is 25.6. The quantitative estimate of drug-likeness (QED) is 0.399. The molecular weight excluding hydrogens is 402 g/mol. The second-order valence-corrected chi connectivity index (χ2v) is 8.81. The molecule has 156 valence electrons. The van der Waals surface area contributed by atoms with Crippen molar-refractivity contribution in [3.05, 3.63) is 112 Å². The van der Waals surface area contributed by atoms with Crippen molar-refractivity contribution in [3.8, 4) is 0 Å². The Balaban J connectivity index is 1.76. The Morgan fingerprint density at radius 3 is 2.23 bits per heavy atom. The Hall–Kier alpha value is -3.44. The van der Waals surface area contributed by atoms with E-state index < -0.39 is 0 Å². The maximum Gasteiger partial charge on any atom is 0.273 e. The summed E-state index contributed by atoms with van der Waals surface area (Å²) < 4.78 is 0. The lowest BCUT2D eigenvalue weighted by atomic mass is 9.96. The fourth-order valence-corrected chi connectivity index (χ4v) is 4.74. The zero-order valence-electron chi connectivity index (χ0n) is 17.9. The van der Waals surface area contributed by atoms with Crippen molar-refractivity contribution in [3.63, 3.8) is 0 Å². The summed E-state index contributed by atoms with van der Waals surface area (Å²) >= 11 is 1.62. The molecule has 4 aromatic rings. The van der Waals surface area contributed by atoms with Crippen molar-refractivity contribution >= 4 is 28.1 Å². The Morgan fingerprint density at radius 2 is 1.55 bits per heavy atom. The van der Waals surface area contributed by atoms with Gasteiger partial charge in [0.1, 0.15) is 11.0 Å². The number of hydrogen-bond donors (Lipinski definition) is 2. The van der Waals surface area contributed by atoms with E-state index in [1.807, 2.05) is 73.7 Å². The van der Waals surface area contributed by atoms with Gasteiger partial charge in [-0.15, -0.1) is 11.3 Å². The van der Waals surface area contributed by atoms with Gasteiger partial charge in [0.15, 0.2) is 0 Å². The van der Waals surface area contributed by atoms with E-state index in [1.165, 1.54) is 10.4 Å². The molecule has 0 aliphatic carbocycles. The summed E-state index contributed by atoms with van der Waals surface area (Å²) in [6.45, 7) is 6.26. The van der Waals surface area contributed by atoms with Gasteiger partial charge in [0.2, 0.25) is 0 Å². The highest BCUT2D eigenvalue weighted by molar-refractivity contribution is 7.16. The first-order valence-electron chi connectivity index (χ1n) is 10.3. The summed E-state index contributed by atoms with van der Waals surface area (Å²) in [5, 5.41) is 7.70. The average Bonchev–Trinajstić information content (AvgIpc) is 3.06. The third kappa shape index (κ3) is 4.67. The van der Waals surface area contributed by atoms with Crippen LogP contribution in [-0.4, -0.2) is 5.91 Å². The Labute approximate surface area is 187 Å². The number of hydrogen-bond acceptors (Lipinski definition) is 3. The normalized spacial score (nSPS) is 11.7. The highest BCUT2D eigenvalue weighted by atomic mass is 32.1. The number of carbonyl (C=O) groups excluding carboxylic acids is 1. The minimum absolute atomic E-state index is 0.1000.